The van der Waals surface area contributed by atoms with Crippen LogP contribution in [0.2, 0.25) is 0 Å². The van der Waals surface area contributed by atoms with E-state index in [-0.39, 0.29) is 11.4 Å². The van der Waals surface area contributed by atoms with Crippen molar-refractivity contribution in [2.75, 3.05) is 12.3 Å². The zero-order chi connectivity index (χ0) is 14.5. The van der Waals surface area contributed by atoms with Crippen LogP contribution in [-0.4, -0.2) is 17.6 Å². The van der Waals surface area contributed by atoms with Crippen molar-refractivity contribution in [1.29, 1.82) is 0 Å². The van der Waals surface area contributed by atoms with Gasteiger partial charge < -0.3 is 10.5 Å². The molecule has 0 aliphatic rings. The monoisotopic (exact) mass is 282 g/mol. The van der Waals surface area contributed by atoms with Crippen LogP contribution in [0.5, 0.6) is 0 Å². The second-order valence-corrected chi connectivity index (χ2v) is 6.37. The summed E-state index contributed by atoms with van der Waals surface area (Å²) in [5.74, 6) is -0.325. The highest BCUT2D eigenvalue weighted by atomic mass is 32.1. The lowest BCUT2D eigenvalue weighted by Crippen LogP contribution is -2.12. The van der Waals surface area contributed by atoms with Crippen molar-refractivity contribution in [3.63, 3.8) is 0 Å². The number of nitrogens with zero attached hydrogens (tertiary/aromatic N) is 1. The molecule has 0 atom stereocenters. The zero-order valence-corrected chi connectivity index (χ0v) is 12.8. The van der Waals surface area contributed by atoms with Crippen LogP contribution in [0.1, 0.15) is 46.2 Å². The molecular formula is C14H22N2O2S. The number of thiazole rings is 1. The minimum absolute atomic E-state index is 0.127. The standard InChI is InChI=1S/C14H22N2O2S/c1-5-6-7-18-12(17)10(8-14(2,3)4)11-9-19-13(15)16-11/h8-9H,5-7H2,1-4H3,(H2,15,16)/b10-8-. The van der Waals surface area contributed by atoms with E-state index < -0.39 is 0 Å². The number of esters is 1. The Morgan fingerprint density at radius 2 is 2.21 bits per heavy atom. The Kier molecular flexibility index (Phi) is 5.54. The first-order valence-electron chi connectivity index (χ1n) is 6.45. The largest absolute Gasteiger partial charge is 0.462 e. The predicted octanol–water partition coefficient (Wildman–Crippen LogP) is 3.50. The quantitative estimate of drug-likeness (QED) is 0.510. The van der Waals surface area contributed by atoms with Gasteiger partial charge in [0.2, 0.25) is 0 Å². The van der Waals surface area contributed by atoms with Crippen LogP contribution in [-0.2, 0) is 9.53 Å². The highest BCUT2D eigenvalue weighted by Gasteiger charge is 2.20. The number of allylic oxidation sites excluding steroid dienone is 1. The highest BCUT2D eigenvalue weighted by Crippen LogP contribution is 2.26. The molecule has 0 unspecified atom stereocenters. The molecule has 0 amide bonds. The molecule has 0 saturated heterocycles. The number of ether oxygens (including phenoxy) is 1. The molecule has 0 saturated carbocycles. The molecule has 19 heavy (non-hydrogen) atoms. The first-order chi connectivity index (χ1) is 8.83. The first-order valence-corrected chi connectivity index (χ1v) is 7.33. The number of hydrogen-bond acceptors (Lipinski definition) is 5. The van der Waals surface area contributed by atoms with Gasteiger partial charge in [-0.3, -0.25) is 0 Å². The summed E-state index contributed by atoms with van der Waals surface area (Å²) in [5.41, 5.74) is 6.60. The van der Waals surface area contributed by atoms with Crippen molar-refractivity contribution in [2.45, 2.75) is 40.5 Å². The molecule has 0 radical (unpaired) electrons. The number of nitrogens with two attached hydrogens (primary N) is 1. The van der Waals surface area contributed by atoms with Gasteiger partial charge in [0.05, 0.1) is 17.9 Å². The number of carbonyl (C=O) groups excluding carboxylic acids is 1. The molecule has 0 aliphatic heterocycles. The van der Waals surface area contributed by atoms with E-state index in [2.05, 4.69) is 11.9 Å². The molecule has 2 N–H and O–H groups in total. The van der Waals surface area contributed by atoms with Gasteiger partial charge in [0.15, 0.2) is 5.13 Å². The van der Waals surface area contributed by atoms with Crippen LogP contribution in [0.3, 0.4) is 0 Å². The van der Waals surface area contributed by atoms with E-state index in [1.165, 1.54) is 11.3 Å². The van der Waals surface area contributed by atoms with E-state index in [0.717, 1.165) is 12.8 Å². The zero-order valence-electron chi connectivity index (χ0n) is 12.0. The maximum absolute atomic E-state index is 12.1. The molecule has 106 valence electrons. The van der Waals surface area contributed by atoms with Gasteiger partial charge in [-0.2, -0.15) is 0 Å². The Morgan fingerprint density at radius 3 is 2.68 bits per heavy atom. The summed E-state index contributed by atoms with van der Waals surface area (Å²) in [5, 5.41) is 2.24. The lowest BCUT2D eigenvalue weighted by Gasteiger charge is -2.15. The summed E-state index contributed by atoms with van der Waals surface area (Å²) in [6.45, 7) is 8.59. The third-order valence-electron chi connectivity index (χ3n) is 2.33. The molecule has 0 aliphatic carbocycles. The Morgan fingerprint density at radius 1 is 1.53 bits per heavy atom. The van der Waals surface area contributed by atoms with E-state index in [1.807, 2.05) is 26.8 Å². The third-order valence-corrected chi connectivity index (χ3v) is 3.00. The van der Waals surface area contributed by atoms with E-state index in [1.54, 1.807) is 5.38 Å². The summed E-state index contributed by atoms with van der Waals surface area (Å²) in [7, 11) is 0. The number of anilines is 1. The van der Waals surface area contributed by atoms with E-state index in [4.69, 9.17) is 10.5 Å². The van der Waals surface area contributed by atoms with Crippen molar-refractivity contribution in [3.05, 3.63) is 17.2 Å². The van der Waals surface area contributed by atoms with Crippen LogP contribution in [0.25, 0.3) is 5.57 Å². The molecular weight excluding hydrogens is 260 g/mol. The number of nitrogen functional groups attached to an aromatic ring is 1. The summed E-state index contributed by atoms with van der Waals surface area (Å²) < 4.78 is 5.27. The first kappa shape index (κ1) is 15.7. The molecule has 5 heteroatoms. The van der Waals surface area contributed by atoms with E-state index >= 15 is 0 Å². The molecule has 1 aromatic heterocycles. The average molecular weight is 282 g/mol. The second-order valence-electron chi connectivity index (χ2n) is 5.48. The molecule has 0 aromatic carbocycles. The van der Waals surface area contributed by atoms with Crippen LogP contribution in [0.15, 0.2) is 11.5 Å². The smallest absolute Gasteiger partial charge is 0.340 e. The van der Waals surface area contributed by atoms with E-state index in [0.29, 0.717) is 23.0 Å². The Balaban J connectivity index is 2.94. The maximum atomic E-state index is 12.1. The van der Waals surface area contributed by atoms with E-state index in [9.17, 15) is 4.79 Å². The normalized spacial score (nSPS) is 12.5. The van der Waals surface area contributed by atoms with Gasteiger partial charge in [0.25, 0.3) is 0 Å². The van der Waals surface area contributed by atoms with Crippen molar-refractivity contribution in [2.24, 2.45) is 5.41 Å². The van der Waals surface area contributed by atoms with Gasteiger partial charge in [-0.05, 0) is 11.8 Å². The topological polar surface area (TPSA) is 65.2 Å². The number of aromatic nitrogens is 1. The fourth-order valence-corrected chi connectivity index (χ4v) is 2.03. The predicted molar refractivity (Wildman–Crippen MR) is 79.8 cm³/mol. The van der Waals surface area contributed by atoms with Crippen LogP contribution in [0.4, 0.5) is 5.13 Å². The van der Waals surface area contributed by atoms with Gasteiger partial charge >= 0.3 is 5.97 Å². The van der Waals surface area contributed by atoms with Crippen molar-refractivity contribution in [1.82, 2.24) is 4.98 Å². The maximum Gasteiger partial charge on any atom is 0.340 e. The lowest BCUT2D eigenvalue weighted by atomic mass is 9.92. The average Bonchev–Trinajstić information content (AvgIpc) is 2.71. The van der Waals surface area contributed by atoms with Crippen molar-refractivity contribution < 1.29 is 9.53 Å². The molecule has 0 spiro atoms. The third kappa shape index (κ3) is 5.42. The molecule has 0 fully saturated rings. The minimum atomic E-state index is -0.325. The van der Waals surface area contributed by atoms with Gasteiger partial charge in [-0.25, -0.2) is 9.78 Å². The van der Waals surface area contributed by atoms with Crippen molar-refractivity contribution >= 4 is 28.0 Å². The molecule has 0 bridgehead atoms. The fraction of sp³-hybridized carbons (Fsp3) is 0.571. The SMILES string of the molecule is CCCCOC(=O)/C(=C\C(C)(C)C)c1csc(N)n1. The summed E-state index contributed by atoms with van der Waals surface area (Å²) >= 11 is 1.32. The second kappa shape index (κ2) is 6.70. The van der Waals surface area contributed by atoms with Crippen LogP contribution in [0, 0.1) is 5.41 Å². The van der Waals surface area contributed by atoms with Crippen LogP contribution < -0.4 is 5.73 Å². The van der Waals surface area contributed by atoms with Gasteiger partial charge in [0.1, 0.15) is 0 Å². The molecule has 4 nitrogen and oxygen atoms in total. The lowest BCUT2D eigenvalue weighted by molar-refractivity contribution is -0.136. The highest BCUT2D eigenvalue weighted by molar-refractivity contribution is 7.13. The fourth-order valence-electron chi connectivity index (χ4n) is 1.47. The van der Waals surface area contributed by atoms with Gasteiger partial charge in [-0.1, -0.05) is 40.2 Å². The summed E-state index contributed by atoms with van der Waals surface area (Å²) in [4.78, 5) is 16.3. The number of rotatable bonds is 5. The van der Waals surface area contributed by atoms with Crippen LogP contribution >= 0.6 is 11.3 Å². The Bertz CT molecular complexity index is 458. The van der Waals surface area contributed by atoms with Gasteiger partial charge in [0, 0.05) is 5.38 Å². The summed E-state index contributed by atoms with van der Waals surface area (Å²) in [6, 6.07) is 0. The molecule has 1 rings (SSSR count). The number of hydrogen-bond donors (Lipinski definition) is 1. The molecule has 1 heterocycles. The van der Waals surface area contributed by atoms with Gasteiger partial charge in [-0.15, -0.1) is 11.3 Å². The minimum Gasteiger partial charge on any atom is -0.462 e. The Labute approximate surface area is 118 Å². The molecule has 1 aromatic rings. The van der Waals surface area contributed by atoms with Crippen molar-refractivity contribution in [3.8, 4) is 0 Å². The Hall–Kier alpha value is -1.36. The summed E-state index contributed by atoms with van der Waals surface area (Å²) in [6.07, 6.45) is 3.75. The number of carbonyl (C=O) groups is 1. The number of unbranched alkanes of at least 4 members (excludes halogenated alkanes) is 1.